The molecule has 0 spiro atoms. The van der Waals surface area contributed by atoms with Gasteiger partial charge in [-0.25, -0.2) is 0 Å². The molecule has 1 aliphatic rings. The molecule has 20 heavy (non-hydrogen) atoms. The molecule has 0 amide bonds. The molecule has 0 saturated carbocycles. The molecule has 1 aliphatic heterocycles. The molecule has 0 fully saturated rings. The third-order valence-corrected chi connectivity index (χ3v) is 4.00. The largest absolute Gasteiger partial charge is 0.480 e. The first-order chi connectivity index (χ1) is 9.70. The quantitative estimate of drug-likeness (QED) is 0.827. The molecule has 1 aromatic rings. The molecule has 2 rings (SSSR count). The Morgan fingerprint density at radius 3 is 2.40 bits per heavy atom. The van der Waals surface area contributed by atoms with E-state index in [2.05, 4.69) is 34.5 Å². The Balaban J connectivity index is 1.85. The molecular formula is C16H24N2O2. The van der Waals surface area contributed by atoms with Crippen molar-refractivity contribution in [3.8, 4) is 0 Å². The number of hydrogen-bond acceptors (Lipinski definition) is 3. The first-order valence-electron chi connectivity index (χ1n) is 7.46. The van der Waals surface area contributed by atoms with Crippen LogP contribution in [0, 0.1) is 0 Å². The first kappa shape index (κ1) is 15.0. The van der Waals surface area contributed by atoms with Crippen molar-refractivity contribution < 1.29 is 9.90 Å². The van der Waals surface area contributed by atoms with E-state index < -0.39 is 12.0 Å². The zero-order valence-corrected chi connectivity index (χ0v) is 12.1. The SMILES string of the molecule is CCNC(CCN1CCc2ccccc2CC1)C(=O)O. The van der Waals surface area contributed by atoms with E-state index in [1.165, 1.54) is 11.1 Å². The molecule has 1 aromatic carbocycles. The lowest BCUT2D eigenvalue weighted by Gasteiger charge is -2.22. The van der Waals surface area contributed by atoms with Crippen LogP contribution in [0.4, 0.5) is 0 Å². The van der Waals surface area contributed by atoms with Gasteiger partial charge in [-0.3, -0.25) is 4.79 Å². The molecule has 4 heteroatoms. The van der Waals surface area contributed by atoms with E-state index in [0.717, 1.165) is 32.5 Å². The van der Waals surface area contributed by atoms with Crippen LogP contribution in [0.2, 0.25) is 0 Å². The molecule has 0 aliphatic carbocycles. The van der Waals surface area contributed by atoms with Crippen molar-refractivity contribution in [1.29, 1.82) is 0 Å². The summed E-state index contributed by atoms with van der Waals surface area (Å²) >= 11 is 0. The Labute approximate surface area is 120 Å². The minimum absolute atomic E-state index is 0.425. The minimum atomic E-state index is -0.745. The topological polar surface area (TPSA) is 52.6 Å². The minimum Gasteiger partial charge on any atom is -0.480 e. The maximum Gasteiger partial charge on any atom is 0.320 e. The second kappa shape index (κ2) is 7.41. The third kappa shape index (κ3) is 4.05. The normalized spacial score (nSPS) is 17.2. The molecule has 0 aromatic heterocycles. The maximum atomic E-state index is 11.1. The fourth-order valence-corrected chi connectivity index (χ4v) is 2.81. The lowest BCUT2D eigenvalue weighted by atomic mass is 10.0. The summed E-state index contributed by atoms with van der Waals surface area (Å²) in [4.78, 5) is 13.5. The zero-order chi connectivity index (χ0) is 14.4. The summed E-state index contributed by atoms with van der Waals surface area (Å²) in [5.74, 6) is -0.745. The number of fused-ring (bicyclic) bond motifs is 1. The van der Waals surface area contributed by atoms with Gasteiger partial charge in [0.2, 0.25) is 0 Å². The first-order valence-corrected chi connectivity index (χ1v) is 7.46. The van der Waals surface area contributed by atoms with Crippen molar-refractivity contribution in [2.75, 3.05) is 26.2 Å². The molecule has 110 valence electrons. The molecule has 4 nitrogen and oxygen atoms in total. The Bertz CT molecular complexity index is 421. The standard InChI is InChI=1S/C16H24N2O2/c1-2-17-15(16(19)20)9-12-18-10-7-13-5-3-4-6-14(13)8-11-18/h3-6,15,17H,2,7-12H2,1H3,(H,19,20). The molecule has 0 bridgehead atoms. The Hall–Kier alpha value is -1.39. The highest BCUT2D eigenvalue weighted by Gasteiger charge is 2.19. The average Bonchev–Trinajstić information content (AvgIpc) is 2.66. The number of carboxylic acid groups (broad SMARTS) is 1. The van der Waals surface area contributed by atoms with Crippen LogP contribution in [-0.4, -0.2) is 48.2 Å². The van der Waals surface area contributed by atoms with Gasteiger partial charge in [0.15, 0.2) is 0 Å². The Kier molecular flexibility index (Phi) is 5.56. The molecule has 0 radical (unpaired) electrons. The number of carbonyl (C=O) groups is 1. The van der Waals surface area contributed by atoms with Gasteiger partial charge in [-0.2, -0.15) is 0 Å². The zero-order valence-electron chi connectivity index (χ0n) is 12.1. The third-order valence-electron chi connectivity index (χ3n) is 4.00. The summed E-state index contributed by atoms with van der Waals surface area (Å²) in [6.45, 7) is 5.53. The Morgan fingerprint density at radius 1 is 1.30 bits per heavy atom. The summed E-state index contributed by atoms with van der Waals surface area (Å²) in [6, 6.07) is 8.18. The molecule has 2 N–H and O–H groups in total. The van der Waals surface area contributed by atoms with Gasteiger partial charge in [0.05, 0.1) is 0 Å². The van der Waals surface area contributed by atoms with Crippen molar-refractivity contribution in [1.82, 2.24) is 10.2 Å². The highest BCUT2D eigenvalue weighted by Crippen LogP contribution is 2.15. The summed E-state index contributed by atoms with van der Waals surface area (Å²) in [5.41, 5.74) is 2.88. The van der Waals surface area contributed by atoms with E-state index in [9.17, 15) is 4.79 Å². The number of rotatable bonds is 6. The fourth-order valence-electron chi connectivity index (χ4n) is 2.81. The summed E-state index contributed by atoms with van der Waals surface area (Å²) < 4.78 is 0. The van der Waals surface area contributed by atoms with Crippen molar-refractivity contribution >= 4 is 5.97 Å². The van der Waals surface area contributed by atoms with Gasteiger partial charge in [0.1, 0.15) is 6.04 Å². The van der Waals surface area contributed by atoms with E-state index in [0.29, 0.717) is 13.0 Å². The number of likely N-dealkylation sites (N-methyl/N-ethyl adjacent to an activating group) is 1. The lowest BCUT2D eigenvalue weighted by Crippen LogP contribution is -2.40. The number of carboxylic acids is 1. The van der Waals surface area contributed by atoms with E-state index >= 15 is 0 Å². The van der Waals surface area contributed by atoms with Gasteiger partial charge < -0.3 is 15.3 Å². The highest BCUT2D eigenvalue weighted by molar-refractivity contribution is 5.73. The molecule has 1 atom stereocenters. The van der Waals surface area contributed by atoms with Crippen molar-refractivity contribution in [2.24, 2.45) is 0 Å². The van der Waals surface area contributed by atoms with Crippen molar-refractivity contribution in [3.05, 3.63) is 35.4 Å². The van der Waals surface area contributed by atoms with Crippen LogP contribution in [0.15, 0.2) is 24.3 Å². The average molecular weight is 276 g/mol. The van der Waals surface area contributed by atoms with Gasteiger partial charge in [-0.05, 0) is 36.9 Å². The monoisotopic (exact) mass is 276 g/mol. The van der Waals surface area contributed by atoms with Crippen LogP contribution >= 0.6 is 0 Å². The van der Waals surface area contributed by atoms with Crippen LogP contribution in [-0.2, 0) is 17.6 Å². The van der Waals surface area contributed by atoms with Crippen LogP contribution in [0.25, 0.3) is 0 Å². The molecule has 1 unspecified atom stereocenters. The second-order valence-electron chi connectivity index (χ2n) is 5.35. The van der Waals surface area contributed by atoms with Gasteiger partial charge in [-0.15, -0.1) is 0 Å². The van der Waals surface area contributed by atoms with E-state index in [4.69, 9.17) is 5.11 Å². The number of nitrogens with one attached hydrogen (secondary N) is 1. The van der Waals surface area contributed by atoms with E-state index in [1.54, 1.807) is 0 Å². The molecule has 0 saturated heterocycles. The van der Waals surface area contributed by atoms with Gasteiger partial charge in [0, 0.05) is 19.6 Å². The fraction of sp³-hybridized carbons (Fsp3) is 0.562. The summed E-state index contributed by atoms with van der Waals surface area (Å²) in [5, 5.41) is 12.2. The predicted molar refractivity (Wildman–Crippen MR) is 80.0 cm³/mol. The van der Waals surface area contributed by atoms with Gasteiger partial charge in [-0.1, -0.05) is 31.2 Å². The van der Waals surface area contributed by atoms with Crippen molar-refractivity contribution in [2.45, 2.75) is 32.2 Å². The number of aliphatic carboxylic acids is 1. The predicted octanol–water partition coefficient (Wildman–Crippen LogP) is 1.54. The van der Waals surface area contributed by atoms with Crippen LogP contribution in [0.1, 0.15) is 24.5 Å². The van der Waals surface area contributed by atoms with E-state index in [-0.39, 0.29) is 0 Å². The highest BCUT2D eigenvalue weighted by atomic mass is 16.4. The summed E-state index contributed by atoms with van der Waals surface area (Å²) in [6.07, 6.45) is 2.80. The smallest absolute Gasteiger partial charge is 0.320 e. The molecule has 1 heterocycles. The van der Waals surface area contributed by atoms with Gasteiger partial charge >= 0.3 is 5.97 Å². The van der Waals surface area contributed by atoms with Crippen LogP contribution in [0.3, 0.4) is 0 Å². The molecular weight excluding hydrogens is 252 g/mol. The second-order valence-corrected chi connectivity index (χ2v) is 5.35. The van der Waals surface area contributed by atoms with Crippen molar-refractivity contribution in [3.63, 3.8) is 0 Å². The van der Waals surface area contributed by atoms with Crippen LogP contribution < -0.4 is 5.32 Å². The Morgan fingerprint density at radius 2 is 1.90 bits per heavy atom. The van der Waals surface area contributed by atoms with Gasteiger partial charge in [0.25, 0.3) is 0 Å². The van der Waals surface area contributed by atoms with E-state index in [1.807, 2.05) is 6.92 Å². The number of nitrogens with zero attached hydrogens (tertiary/aromatic N) is 1. The maximum absolute atomic E-state index is 11.1. The number of hydrogen-bond donors (Lipinski definition) is 2. The lowest BCUT2D eigenvalue weighted by molar-refractivity contribution is -0.139. The number of benzene rings is 1. The summed E-state index contributed by atoms with van der Waals surface area (Å²) in [7, 11) is 0. The van der Waals surface area contributed by atoms with Crippen LogP contribution in [0.5, 0.6) is 0 Å².